The third kappa shape index (κ3) is 9.09. The highest BCUT2D eigenvalue weighted by molar-refractivity contribution is 7.98. The van der Waals surface area contributed by atoms with E-state index in [0.717, 1.165) is 22.0 Å². The number of para-hydroxylation sites is 1. The summed E-state index contributed by atoms with van der Waals surface area (Å²) in [6, 6.07) is 12.6. The number of aliphatic carboxylic acids is 1. The summed E-state index contributed by atoms with van der Waals surface area (Å²) in [5, 5.41) is 19.0. The van der Waals surface area contributed by atoms with Crippen LogP contribution in [-0.2, 0) is 32.0 Å². The van der Waals surface area contributed by atoms with E-state index in [2.05, 4.69) is 20.9 Å². The molecule has 10 nitrogen and oxygen atoms in total. The minimum absolute atomic E-state index is 0.0766. The number of hydrogen-bond donors (Lipinski definition) is 6. The van der Waals surface area contributed by atoms with Gasteiger partial charge in [0.2, 0.25) is 17.7 Å². The van der Waals surface area contributed by atoms with Gasteiger partial charge in [0.05, 0.1) is 6.04 Å². The molecule has 2 aromatic carbocycles. The molecule has 5 atom stereocenters. The van der Waals surface area contributed by atoms with Gasteiger partial charge in [-0.1, -0.05) is 68.8 Å². The van der Waals surface area contributed by atoms with E-state index >= 15 is 0 Å². The van der Waals surface area contributed by atoms with Crippen LogP contribution in [0.3, 0.4) is 0 Å². The van der Waals surface area contributed by atoms with E-state index in [4.69, 9.17) is 5.73 Å². The maximum Gasteiger partial charge on any atom is 0.326 e. The maximum absolute atomic E-state index is 13.6. The van der Waals surface area contributed by atoms with Gasteiger partial charge in [-0.2, -0.15) is 11.8 Å². The molecule has 226 valence electrons. The van der Waals surface area contributed by atoms with Gasteiger partial charge in [0.15, 0.2) is 0 Å². The molecule has 0 aliphatic carbocycles. The highest BCUT2D eigenvalue weighted by atomic mass is 32.2. The number of nitrogens with two attached hydrogens (primary N) is 1. The van der Waals surface area contributed by atoms with Gasteiger partial charge in [-0.15, -0.1) is 0 Å². The molecule has 3 rings (SSSR count). The van der Waals surface area contributed by atoms with Crippen molar-refractivity contribution in [2.45, 2.75) is 63.7 Å². The van der Waals surface area contributed by atoms with Crippen LogP contribution >= 0.6 is 11.8 Å². The Morgan fingerprint density at radius 1 is 0.881 bits per heavy atom. The average molecular weight is 596 g/mol. The van der Waals surface area contributed by atoms with Gasteiger partial charge in [0.1, 0.15) is 18.1 Å². The van der Waals surface area contributed by atoms with Crippen LogP contribution in [0.25, 0.3) is 10.9 Å². The van der Waals surface area contributed by atoms with E-state index in [1.54, 1.807) is 30.5 Å². The Morgan fingerprint density at radius 3 is 2.17 bits per heavy atom. The highest BCUT2D eigenvalue weighted by Gasteiger charge is 2.31. The number of nitrogens with one attached hydrogen (secondary N) is 4. The summed E-state index contributed by atoms with van der Waals surface area (Å²) in [5.41, 5.74) is 8.52. The van der Waals surface area contributed by atoms with Crippen LogP contribution in [0.1, 0.15) is 37.8 Å². The fraction of sp³-hybridized carbons (Fsp3) is 0.419. The smallest absolute Gasteiger partial charge is 0.326 e. The molecule has 5 unspecified atom stereocenters. The van der Waals surface area contributed by atoms with Crippen molar-refractivity contribution in [3.8, 4) is 0 Å². The Labute approximate surface area is 250 Å². The number of thioether (sulfide) groups is 1. The molecule has 0 aliphatic rings. The van der Waals surface area contributed by atoms with Crippen LogP contribution in [0.2, 0.25) is 0 Å². The van der Waals surface area contributed by atoms with Gasteiger partial charge in [-0.3, -0.25) is 14.4 Å². The molecule has 0 bridgehead atoms. The van der Waals surface area contributed by atoms with Crippen molar-refractivity contribution in [3.63, 3.8) is 0 Å². The average Bonchev–Trinajstić information content (AvgIpc) is 3.40. The molecular weight excluding hydrogens is 554 g/mol. The van der Waals surface area contributed by atoms with Crippen molar-refractivity contribution in [1.29, 1.82) is 0 Å². The molecule has 0 saturated heterocycles. The number of aromatic nitrogens is 1. The summed E-state index contributed by atoms with van der Waals surface area (Å²) in [4.78, 5) is 55.4. The molecule has 1 heterocycles. The minimum Gasteiger partial charge on any atom is -0.480 e. The number of H-pyrrole nitrogens is 1. The SMILES string of the molecule is CCC(C)C(N)C(=O)NC(CCSC)C(=O)NC(Cc1c[nH]c2ccccc12)C(=O)NC(Cc1ccccc1)C(=O)O. The molecule has 0 fully saturated rings. The second-order valence-electron chi connectivity index (χ2n) is 10.5. The summed E-state index contributed by atoms with van der Waals surface area (Å²) >= 11 is 1.53. The number of aromatic amines is 1. The highest BCUT2D eigenvalue weighted by Crippen LogP contribution is 2.19. The molecule has 0 radical (unpaired) electrons. The number of rotatable bonds is 16. The van der Waals surface area contributed by atoms with Gasteiger partial charge in [0, 0.05) is 29.9 Å². The number of carboxylic acid groups (broad SMARTS) is 1. The fourth-order valence-electron chi connectivity index (χ4n) is 4.61. The van der Waals surface area contributed by atoms with Crippen molar-refractivity contribution in [1.82, 2.24) is 20.9 Å². The lowest BCUT2D eigenvalue weighted by Gasteiger charge is -2.26. The van der Waals surface area contributed by atoms with E-state index in [1.165, 1.54) is 11.8 Å². The van der Waals surface area contributed by atoms with Gasteiger partial charge < -0.3 is 31.8 Å². The molecular formula is C31H41N5O5S. The molecule has 0 aliphatic heterocycles. The molecule has 7 N–H and O–H groups in total. The largest absolute Gasteiger partial charge is 0.480 e. The number of carboxylic acids is 1. The van der Waals surface area contributed by atoms with Gasteiger partial charge >= 0.3 is 5.97 Å². The summed E-state index contributed by atoms with van der Waals surface area (Å²) in [7, 11) is 0. The zero-order valence-corrected chi connectivity index (χ0v) is 25.1. The first-order chi connectivity index (χ1) is 20.1. The zero-order chi connectivity index (χ0) is 30.6. The molecule has 3 aromatic rings. The fourth-order valence-corrected chi connectivity index (χ4v) is 5.08. The molecule has 3 amide bonds. The first-order valence-corrected chi connectivity index (χ1v) is 15.5. The Hall–Kier alpha value is -3.83. The van der Waals surface area contributed by atoms with Crippen LogP contribution in [0.4, 0.5) is 0 Å². The Kier molecular flexibility index (Phi) is 12.4. The van der Waals surface area contributed by atoms with Gasteiger partial charge in [0.25, 0.3) is 0 Å². The first kappa shape index (κ1) is 32.7. The van der Waals surface area contributed by atoms with E-state index in [0.29, 0.717) is 18.6 Å². The van der Waals surface area contributed by atoms with Crippen LogP contribution in [0.15, 0.2) is 60.8 Å². The number of amides is 3. The van der Waals surface area contributed by atoms with Gasteiger partial charge in [-0.05, 0) is 41.5 Å². The zero-order valence-electron chi connectivity index (χ0n) is 24.3. The lowest BCUT2D eigenvalue weighted by atomic mass is 9.98. The van der Waals surface area contributed by atoms with E-state index in [-0.39, 0.29) is 18.8 Å². The quantitative estimate of drug-likeness (QED) is 0.148. The second kappa shape index (κ2) is 16.0. The van der Waals surface area contributed by atoms with E-state index < -0.39 is 47.9 Å². The van der Waals surface area contributed by atoms with Crippen LogP contribution in [0.5, 0.6) is 0 Å². The van der Waals surface area contributed by atoms with Crippen LogP contribution in [-0.4, -0.2) is 70.0 Å². The van der Waals surface area contributed by atoms with Crippen LogP contribution < -0.4 is 21.7 Å². The number of carbonyl (C=O) groups excluding carboxylic acids is 3. The molecule has 0 spiro atoms. The monoisotopic (exact) mass is 595 g/mol. The number of hydrogen-bond acceptors (Lipinski definition) is 6. The summed E-state index contributed by atoms with van der Waals surface area (Å²) in [5.74, 6) is -2.28. The molecule has 42 heavy (non-hydrogen) atoms. The Morgan fingerprint density at radius 2 is 1.50 bits per heavy atom. The number of fused-ring (bicyclic) bond motifs is 1. The van der Waals surface area contributed by atoms with Crippen molar-refractivity contribution in [2.24, 2.45) is 11.7 Å². The topological polar surface area (TPSA) is 166 Å². The molecule has 11 heteroatoms. The predicted octanol–water partition coefficient (Wildman–Crippen LogP) is 2.62. The molecule has 0 saturated carbocycles. The second-order valence-corrected chi connectivity index (χ2v) is 11.5. The predicted molar refractivity (Wildman–Crippen MR) is 166 cm³/mol. The number of carbonyl (C=O) groups is 4. The van der Waals surface area contributed by atoms with Gasteiger partial charge in [-0.25, -0.2) is 4.79 Å². The van der Waals surface area contributed by atoms with E-state index in [1.807, 2.05) is 50.4 Å². The summed E-state index contributed by atoms with van der Waals surface area (Å²) < 4.78 is 0. The van der Waals surface area contributed by atoms with Crippen LogP contribution in [0, 0.1) is 5.92 Å². The van der Waals surface area contributed by atoms with Crippen molar-refractivity contribution >= 4 is 46.4 Å². The summed E-state index contributed by atoms with van der Waals surface area (Å²) in [6.07, 6.45) is 4.89. The summed E-state index contributed by atoms with van der Waals surface area (Å²) in [6.45, 7) is 3.81. The standard InChI is InChI=1S/C31H41N5O5S/c1-4-19(2)27(32)30(39)34-24(14-15-42-3)28(37)35-25(17-21-18-33-23-13-9-8-12-22(21)23)29(38)36-26(31(40)41)16-20-10-6-5-7-11-20/h5-13,18-19,24-27,33H,4,14-17,32H2,1-3H3,(H,34,39)(H,35,37)(H,36,38)(H,40,41). The van der Waals surface area contributed by atoms with Crippen molar-refractivity contribution in [3.05, 3.63) is 71.9 Å². The first-order valence-electron chi connectivity index (χ1n) is 14.1. The lowest BCUT2D eigenvalue weighted by Crippen LogP contribution is -2.58. The minimum atomic E-state index is -1.21. The van der Waals surface area contributed by atoms with Crippen molar-refractivity contribution in [2.75, 3.05) is 12.0 Å². The third-order valence-corrected chi connectivity index (χ3v) is 8.08. The Balaban J connectivity index is 1.85. The normalized spacial score (nSPS) is 14.8. The molecule has 1 aromatic heterocycles. The van der Waals surface area contributed by atoms with Crippen molar-refractivity contribution < 1.29 is 24.3 Å². The number of benzene rings is 2. The maximum atomic E-state index is 13.6. The lowest BCUT2D eigenvalue weighted by molar-refractivity contribution is -0.142. The third-order valence-electron chi connectivity index (χ3n) is 7.43. The van der Waals surface area contributed by atoms with E-state index in [9.17, 15) is 24.3 Å². The Bertz CT molecular complexity index is 1350.